The molecule has 1 aliphatic heterocycles. The van der Waals surface area contributed by atoms with Crippen LogP contribution in [-0.2, 0) is 4.84 Å². The number of nitrogens with zero attached hydrogens (tertiary/aromatic N) is 1. The molecule has 3 nitrogen and oxygen atoms in total. The smallest absolute Gasteiger partial charge is 0.225 e. The Balaban J connectivity index is 1.77. The summed E-state index contributed by atoms with van der Waals surface area (Å²) in [7, 11) is 0. The van der Waals surface area contributed by atoms with E-state index in [-0.39, 0.29) is 6.23 Å². The third-order valence-corrected chi connectivity index (χ3v) is 3.43. The highest BCUT2D eigenvalue weighted by atomic mass is 35.5. The Kier molecular flexibility index (Phi) is 2.74. The minimum absolute atomic E-state index is 0.188. The first-order chi connectivity index (χ1) is 8.33. The van der Waals surface area contributed by atoms with Gasteiger partial charge in [-0.05, 0) is 41.1 Å². The maximum Gasteiger partial charge on any atom is 0.225 e. The molecule has 0 aliphatic carbocycles. The fourth-order valence-corrected chi connectivity index (χ4v) is 2.39. The molecule has 1 unspecified atom stereocenters. The number of halogens is 1. The van der Waals surface area contributed by atoms with Crippen LogP contribution in [0.2, 0.25) is 5.02 Å². The van der Waals surface area contributed by atoms with E-state index in [1.807, 2.05) is 41.1 Å². The Morgan fingerprint density at radius 2 is 2.06 bits per heavy atom. The molecule has 3 rings (SSSR count). The first-order valence-electron chi connectivity index (χ1n) is 5.11. The zero-order valence-corrected chi connectivity index (χ0v) is 10.3. The van der Waals surface area contributed by atoms with Crippen LogP contribution in [0.15, 0.2) is 46.2 Å². The van der Waals surface area contributed by atoms with Gasteiger partial charge in [-0.2, -0.15) is 11.3 Å². The summed E-state index contributed by atoms with van der Waals surface area (Å²) in [5.41, 5.74) is 2.05. The molecule has 0 saturated heterocycles. The van der Waals surface area contributed by atoms with Crippen molar-refractivity contribution in [3.8, 4) is 0 Å². The molecule has 2 heterocycles. The number of amidine groups is 1. The van der Waals surface area contributed by atoms with Crippen LogP contribution in [0.3, 0.4) is 0 Å². The second kappa shape index (κ2) is 4.39. The zero-order valence-electron chi connectivity index (χ0n) is 8.76. The van der Waals surface area contributed by atoms with Gasteiger partial charge < -0.3 is 10.2 Å². The summed E-state index contributed by atoms with van der Waals surface area (Å²) in [4.78, 5) is 5.35. The van der Waals surface area contributed by atoms with Gasteiger partial charge >= 0.3 is 0 Å². The maximum atomic E-state index is 5.84. The van der Waals surface area contributed by atoms with Crippen LogP contribution >= 0.6 is 22.9 Å². The molecule has 0 saturated carbocycles. The standard InChI is InChI=1S/C12H9ClN2OS/c13-10-3-1-8(2-4-10)11-14-12(16-15-11)9-5-6-17-7-9/h1-7,12H,(H,14,15). The van der Waals surface area contributed by atoms with Crippen molar-refractivity contribution < 1.29 is 4.84 Å². The van der Waals surface area contributed by atoms with Crippen molar-refractivity contribution >= 4 is 28.8 Å². The van der Waals surface area contributed by atoms with E-state index in [0.717, 1.165) is 17.0 Å². The van der Waals surface area contributed by atoms with Crippen LogP contribution in [0, 0.1) is 0 Å². The van der Waals surface area contributed by atoms with Gasteiger partial charge in [-0.25, -0.2) is 0 Å². The van der Waals surface area contributed by atoms with Gasteiger partial charge in [-0.1, -0.05) is 16.8 Å². The average Bonchev–Trinajstić information content (AvgIpc) is 3.00. The lowest BCUT2D eigenvalue weighted by atomic mass is 10.2. The molecule has 5 heteroatoms. The van der Waals surface area contributed by atoms with Crippen molar-refractivity contribution in [3.63, 3.8) is 0 Å². The fraction of sp³-hybridized carbons (Fsp3) is 0.0833. The molecule has 0 fully saturated rings. The van der Waals surface area contributed by atoms with Crippen molar-refractivity contribution in [2.24, 2.45) is 5.16 Å². The van der Waals surface area contributed by atoms with Gasteiger partial charge in [0.2, 0.25) is 6.23 Å². The summed E-state index contributed by atoms with van der Waals surface area (Å²) in [6, 6.07) is 9.50. The molecular formula is C12H9ClN2OS. The lowest BCUT2D eigenvalue weighted by molar-refractivity contribution is 0.0733. The molecule has 86 valence electrons. The second-order valence-corrected chi connectivity index (χ2v) is 4.85. The molecule has 1 aliphatic rings. The molecule has 1 N–H and O–H groups in total. The highest BCUT2D eigenvalue weighted by molar-refractivity contribution is 7.07. The zero-order chi connectivity index (χ0) is 11.7. The normalized spacial score (nSPS) is 18.4. The van der Waals surface area contributed by atoms with E-state index < -0.39 is 0 Å². The van der Waals surface area contributed by atoms with E-state index in [2.05, 4.69) is 10.5 Å². The summed E-state index contributed by atoms with van der Waals surface area (Å²) in [5.74, 6) is 0.734. The third kappa shape index (κ3) is 2.14. The number of hydrogen-bond donors (Lipinski definition) is 1. The minimum atomic E-state index is -0.188. The van der Waals surface area contributed by atoms with Crippen molar-refractivity contribution in [1.29, 1.82) is 0 Å². The number of thiophene rings is 1. The van der Waals surface area contributed by atoms with E-state index in [1.165, 1.54) is 0 Å². The Bertz CT molecular complexity index is 536. The summed E-state index contributed by atoms with van der Waals surface area (Å²) in [6.07, 6.45) is -0.188. The van der Waals surface area contributed by atoms with Crippen LogP contribution in [0.5, 0.6) is 0 Å². The van der Waals surface area contributed by atoms with Crippen molar-refractivity contribution in [3.05, 3.63) is 57.2 Å². The van der Waals surface area contributed by atoms with Crippen LogP contribution in [0.25, 0.3) is 0 Å². The molecule has 0 amide bonds. The predicted octanol–water partition coefficient (Wildman–Crippen LogP) is 3.38. The van der Waals surface area contributed by atoms with Crippen molar-refractivity contribution in [1.82, 2.24) is 5.32 Å². The van der Waals surface area contributed by atoms with E-state index in [1.54, 1.807) is 11.3 Å². The van der Waals surface area contributed by atoms with Crippen molar-refractivity contribution in [2.45, 2.75) is 6.23 Å². The third-order valence-electron chi connectivity index (χ3n) is 2.48. The van der Waals surface area contributed by atoms with Gasteiger partial charge in [-0.15, -0.1) is 0 Å². The molecule has 1 aromatic heterocycles. The Morgan fingerprint density at radius 3 is 2.76 bits per heavy atom. The van der Waals surface area contributed by atoms with Crippen molar-refractivity contribution in [2.75, 3.05) is 0 Å². The summed E-state index contributed by atoms with van der Waals surface area (Å²) in [6.45, 7) is 0. The maximum absolute atomic E-state index is 5.84. The first kappa shape index (κ1) is 10.6. The lowest BCUT2D eigenvalue weighted by Gasteiger charge is -2.07. The Hall–Kier alpha value is -1.52. The van der Waals surface area contributed by atoms with Gasteiger partial charge in [-0.3, -0.25) is 0 Å². The molecule has 17 heavy (non-hydrogen) atoms. The fourth-order valence-electron chi connectivity index (χ4n) is 1.59. The van der Waals surface area contributed by atoms with Gasteiger partial charge in [0.15, 0.2) is 5.84 Å². The molecule has 0 spiro atoms. The van der Waals surface area contributed by atoms with E-state index in [0.29, 0.717) is 5.02 Å². The monoisotopic (exact) mass is 264 g/mol. The number of hydrogen-bond acceptors (Lipinski definition) is 4. The minimum Gasteiger partial charge on any atom is -0.364 e. The second-order valence-electron chi connectivity index (χ2n) is 3.63. The Labute approximate surface area is 108 Å². The van der Waals surface area contributed by atoms with Gasteiger partial charge in [0, 0.05) is 16.1 Å². The molecule has 1 atom stereocenters. The average molecular weight is 265 g/mol. The van der Waals surface area contributed by atoms with Gasteiger partial charge in [0.05, 0.1) is 0 Å². The highest BCUT2D eigenvalue weighted by Gasteiger charge is 2.22. The first-order valence-corrected chi connectivity index (χ1v) is 6.43. The van der Waals surface area contributed by atoms with E-state index >= 15 is 0 Å². The predicted molar refractivity (Wildman–Crippen MR) is 69.3 cm³/mol. The summed E-state index contributed by atoms with van der Waals surface area (Å²) >= 11 is 7.48. The number of benzene rings is 1. The van der Waals surface area contributed by atoms with Crippen LogP contribution in [-0.4, -0.2) is 5.84 Å². The van der Waals surface area contributed by atoms with Gasteiger partial charge in [0.25, 0.3) is 0 Å². The molecule has 1 aromatic carbocycles. The van der Waals surface area contributed by atoms with Crippen LogP contribution in [0.4, 0.5) is 0 Å². The molecule has 2 aromatic rings. The summed E-state index contributed by atoms with van der Waals surface area (Å²) < 4.78 is 0. The van der Waals surface area contributed by atoms with E-state index in [4.69, 9.17) is 16.4 Å². The summed E-state index contributed by atoms with van der Waals surface area (Å²) in [5, 5.41) is 12.0. The largest absolute Gasteiger partial charge is 0.364 e. The SMILES string of the molecule is Clc1ccc(C2=NOC(c3ccsc3)N2)cc1. The number of rotatable bonds is 2. The number of nitrogens with one attached hydrogen (secondary N) is 1. The molecular weight excluding hydrogens is 256 g/mol. The quantitative estimate of drug-likeness (QED) is 0.902. The molecule has 0 bridgehead atoms. The topological polar surface area (TPSA) is 33.6 Å². The van der Waals surface area contributed by atoms with E-state index in [9.17, 15) is 0 Å². The number of oxime groups is 1. The molecule has 0 radical (unpaired) electrons. The Morgan fingerprint density at radius 1 is 1.24 bits per heavy atom. The highest BCUT2D eigenvalue weighted by Crippen LogP contribution is 2.23. The van der Waals surface area contributed by atoms with Gasteiger partial charge in [0.1, 0.15) is 0 Å². The van der Waals surface area contributed by atoms with Crippen LogP contribution in [0.1, 0.15) is 17.4 Å². The van der Waals surface area contributed by atoms with Crippen LogP contribution < -0.4 is 5.32 Å². The lowest BCUT2D eigenvalue weighted by Crippen LogP contribution is -2.23.